The largest absolute Gasteiger partial charge is 0.302 e. The molecule has 0 bridgehead atoms. The minimum atomic E-state index is -3.39. The van der Waals surface area contributed by atoms with E-state index in [0.717, 1.165) is 26.6 Å². The number of nitrogens with one attached hydrogen (secondary N) is 1. The second-order valence-corrected chi connectivity index (χ2v) is 11.1. The van der Waals surface area contributed by atoms with Gasteiger partial charge in [-0.3, -0.25) is 4.79 Å². The van der Waals surface area contributed by atoms with Gasteiger partial charge in [0.15, 0.2) is 5.13 Å². The van der Waals surface area contributed by atoms with Crippen molar-refractivity contribution in [3.63, 3.8) is 0 Å². The van der Waals surface area contributed by atoms with Crippen LogP contribution >= 0.6 is 11.3 Å². The fourth-order valence-corrected chi connectivity index (χ4v) is 6.64. The Kier molecular flexibility index (Phi) is 5.67. The molecule has 1 fully saturated rings. The van der Waals surface area contributed by atoms with Crippen molar-refractivity contribution in [3.8, 4) is 0 Å². The number of hydrogen-bond donors (Lipinski definition) is 1. The Bertz CT molecular complexity index is 1380. The first-order valence-electron chi connectivity index (χ1n) is 10.6. The number of nitrogens with zero attached hydrogens (tertiary/aromatic N) is 2. The molecule has 32 heavy (non-hydrogen) atoms. The van der Waals surface area contributed by atoms with Gasteiger partial charge in [0.1, 0.15) is 0 Å². The molecule has 1 amide bonds. The highest BCUT2D eigenvalue weighted by atomic mass is 32.2. The molecule has 2 heterocycles. The number of thiazole rings is 1. The lowest BCUT2D eigenvalue weighted by atomic mass is 9.97. The Labute approximate surface area is 190 Å². The molecule has 0 atom stereocenters. The highest BCUT2D eigenvalue weighted by Gasteiger charge is 2.31. The Balaban J connectivity index is 1.23. The third-order valence-corrected chi connectivity index (χ3v) is 8.71. The van der Waals surface area contributed by atoms with Gasteiger partial charge in [0.05, 0.1) is 16.0 Å². The van der Waals surface area contributed by atoms with Crippen LogP contribution in [0.25, 0.3) is 21.0 Å². The summed E-state index contributed by atoms with van der Waals surface area (Å²) in [6.45, 7) is 0.718. The van der Waals surface area contributed by atoms with Gasteiger partial charge in [-0.15, -0.1) is 0 Å². The minimum Gasteiger partial charge on any atom is -0.302 e. The Hall–Kier alpha value is -2.81. The zero-order chi connectivity index (χ0) is 22.1. The number of amides is 1. The van der Waals surface area contributed by atoms with Gasteiger partial charge in [-0.25, -0.2) is 17.7 Å². The van der Waals surface area contributed by atoms with Crippen LogP contribution < -0.4 is 5.32 Å². The predicted molar refractivity (Wildman–Crippen MR) is 129 cm³/mol. The maximum absolute atomic E-state index is 12.8. The second-order valence-electron chi connectivity index (χ2n) is 8.06. The molecule has 1 saturated heterocycles. The summed E-state index contributed by atoms with van der Waals surface area (Å²) in [7, 11) is -3.39. The van der Waals surface area contributed by atoms with Gasteiger partial charge in [-0.1, -0.05) is 72.0 Å². The lowest BCUT2D eigenvalue weighted by Crippen LogP contribution is -2.41. The second kappa shape index (κ2) is 8.61. The van der Waals surface area contributed by atoms with E-state index in [1.807, 2.05) is 60.7 Å². The fourth-order valence-electron chi connectivity index (χ4n) is 4.19. The average molecular weight is 466 g/mol. The molecule has 8 heteroatoms. The van der Waals surface area contributed by atoms with Crippen LogP contribution in [0.3, 0.4) is 0 Å². The molecule has 1 aliphatic heterocycles. The van der Waals surface area contributed by atoms with E-state index in [1.165, 1.54) is 15.6 Å². The number of rotatable bonds is 5. The summed E-state index contributed by atoms with van der Waals surface area (Å²) in [5.74, 6) is -0.319. The standard InChI is InChI=1S/C24H23N3O3S2/c28-23(26-24-25-22-20-9-5-4-8-18(20)10-11-21(22)31-24)19-12-14-27(15-13-19)32(29,30)16-17-6-2-1-3-7-17/h1-11,19H,12-16H2,(H,25,26,28). The van der Waals surface area contributed by atoms with Crippen molar-refractivity contribution in [3.05, 3.63) is 72.3 Å². The van der Waals surface area contributed by atoms with Crippen LogP contribution in [-0.4, -0.2) is 36.7 Å². The number of fused-ring (bicyclic) bond motifs is 3. The molecule has 0 aliphatic carbocycles. The summed E-state index contributed by atoms with van der Waals surface area (Å²) in [5.41, 5.74) is 1.67. The number of carbonyl (C=O) groups is 1. The summed E-state index contributed by atoms with van der Waals surface area (Å²) in [4.78, 5) is 17.5. The molecule has 0 radical (unpaired) electrons. The number of benzene rings is 3. The van der Waals surface area contributed by atoms with Gasteiger partial charge >= 0.3 is 0 Å². The zero-order valence-electron chi connectivity index (χ0n) is 17.4. The molecule has 164 valence electrons. The quantitative estimate of drug-likeness (QED) is 0.466. The summed E-state index contributed by atoms with van der Waals surface area (Å²) in [5, 5.41) is 5.73. The number of hydrogen-bond acceptors (Lipinski definition) is 5. The van der Waals surface area contributed by atoms with E-state index in [-0.39, 0.29) is 17.6 Å². The molecule has 1 aliphatic rings. The van der Waals surface area contributed by atoms with E-state index >= 15 is 0 Å². The zero-order valence-corrected chi connectivity index (χ0v) is 19.0. The lowest BCUT2D eigenvalue weighted by Gasteiger charge is -2.30. The maximum atomic E-state index is 12.8. The number of sulfonamides is 1. The van der Waals surface area contributed by atoms with Gasteiger partial charge in [-0.05, 0) is 29.9 Å². The monoisotopic (exact) mass is 465 g/mol. The summed E-state index contributed by atoms with van der Waals surface area (Å²) in [6, 6.07) is 21.3. The van der Waals surface area contributed by atoms with Crippen LogP contribution in [0, 0.1) is 5.92 Å². The lowest BCUT2D eigenvalue weighted by molar-refractivity contribution is -0.120. The molecular formula is C24H23N3O3S2. The van der Waals surface area contributed by atoms with Gasteiger partial charge in [-0.2, -0.15) is 0 Å². The van der Waals surface area contributed by atoms with Crippen LogP contribution in [0.15, 0.2) is 66.7 Å². The van der Waals surface area contributed by atoms with Crippen LogP contribution in [-0.2, 0) is 20.6 Å². The molecule has 1 N–H and O–H groups in total. The number of anilines is 1. The summed E-state index contributed by atoms with van der Waals surface area (Å²) in [6.07, 6.45) is 1.02. The van der Waals surface area contributed by atoms with E-state index < -0.39 is 10.0 Å². The van der Waals surface area contributed by atoms with E-state index in [0.29, 0.717) is 31.1 Å². The molecule has 0 unspecified atom stereocenters. The van der Waals surface area contributed by atoms with E-state index in [4.69, 9.17) is 0 Å². The molecule has 0 saturated carbocycles. The highest BCUT2D eigenvalue weighted by molar-refractivity contribution is 7.88. The van der Waals surface area contributed by atoms with Crippen molar-refractivity contribution in [1.29, 1.82) is 0 Å². The molecule has 1 aromatic heterocycles. The van der Waals surface area contributed by atoms with Gasteiger partial charge in [0.2, 0.25) is 15.9 Å². The van der Waals surface area contributed by atoms with E-state index in [1.54, 1.807) is 0 Å². The Morgan fingerprint density at radius 1 is 1.00 bits per heavy atom. The van der Waals surface area contributed by atoms with Crippen LogP contribution in [0.2, 0.25) is 0 Å². The third-order valence-electron chi connectivity index (χ3n) is 5.92. The van der Waals surface area contributed by atoms with Crippen LogP contribution in [0.1, 0.15) is 18.4 Å². The third kappa shape index (κ3) is 4.26. The Morgan fingerprint density at radius 2 is 1.72 bits per heavy atom. The SMILES string of the molecule is O=C(Nc1nc2c(ccc3ccccc32)s1)C1CCN(S(=O)(=O)Cc2ccccc2)CC1. The molecule has 3 aromatic carbocycles. The number of piperidine rings is 1. The molecule has 5 rings (SSSR count). The minimum absolute atomic E-state index is 0.00956. The first kappa shape index (κ1) is 21.1. The van der Waals surface area contributed by atoms with Gasteiger partial charge in [0.25, 0.3) is 0 Å². The van der Waals surface area contributed by atoms with Crippen molar-refractivity contribution < 1.29 is 13.2 Å². The first-order valence-corrected chi connectivity index (χ1v) is 13.0. The molecule has 4 aromatic rings. The number of carbonyl (C=O) groups excluding carboxylic acids is 1. The van der Waals surface area contributed by atoms with Crippen molar-refractivity contribution in [2.75, 3.05) is 18.4 Å². The van der Waals surface area contributed by atoms with E-state index in [2.05, 4.69) is 16.4 Å². The van der Waals surface area contributed by atoms with Crippen LogP contribution in [0.4, 0.5) is 5.13 Å². The van der Waals surface area contributed by atoms with Gasteiger partial charge in [0, 0.05) is 24.4 Å². The predicted octanol–water partition coefficient (Wildman–Crippen LogP) is 4.63. The van der Waals surface area contributed by atoms with E-state index in [9.17, 15) is 13.2 Å². The first-order chi connectivity index (χ1) is 15.5. The molecule has 0 spiro atoms. The molecular weight excluding hydrogens is 442 g/mol. The highest BCUT2D eigenvalue weighted by Crippen LogP contribution is 2.32. The van der Waals surface area contributed by atoms with Crippen LogP contribution in [0.5, 0.6) is 0 Å². The van der Waals surface area contributed by atoms with Gasteiger partial charge < -0.3 is 5.32 Å². The van der Waals surface area contributed by atoms with Crippen molar-refractivity contribution in [2.24, 2.45) is 5.92 Å². The smallest absolute Gasteiger partial charge is 0.229 e. The fraction of sp³-hybridized carbons (Fsp3) is 0.250. The average Bonchev–Trinajstić information content (AvgIpc) is 3.22. The summed E-state index contributed by atoms with van der Waals surface area (Å²) >= 11 is 1.46. The molecule has 6 nitrogen and oxygen atoms in total. The maximum Gasteiger partial charge on any atom is 0.229 e. The summed E-state index contributed by atoms with van der Waals surface area (Å²) < 4.78 is 28.0. The van der Waals surface area contributed by atoms with Crippen molar-refractivity contribution in [2.45, 2.75) is 18.6 Å². The Morgan fingerprint density at radius 3 is 2.50 bits per heavy atom. The normalized spacial score (nSPS) is 15.9. The number of aromatic nitrogens is 1. The van der Waals surface area contributed by atoms with Crippen molar-refractivity contribution >= 4 is 53.4 Å². The topological polar surface area (TPSA) is 79.4 Å². The van der Waals surface area contributed by atoms with Crippen molar-refractivity contribution in [1.82, 2.24) is 9.29 Å².